The highest BCUT2D eigenvalue weighted by molar-refractivity contribution is 5.18. The Balaban J connectivity index is 1.47. The Hall–Kier alpha value is -1.76. The molecule has 5 heteroatoms. The first-order valence-corrected chi connectivity index (χ1v) is 8.45. The molecule has 2 saturated heterocycles. The van der Waals surface area contributed by atoms with Crippen LogP contribution >= 0.6 is 0 Å². The highest BCUT2D eigenvalue weighted by Gasteiger charge is 2.59. The van der Waals surface area contributed by atoms with Gasteiger partial charge in [-0.3, -0.25) is 0 Å². The summed E-state index contributed by atoms with van der Waals surface area (Å²) < 4.78 is 29.5. The van der Waals surface area contributed by atoms with Crippen LogP contribution in [-0.4, -0.2) is 38.3 Å². The van der Waals surface area contributed by atoms with Crippen molar-refractivity contribution >= 4 is 0 Å². The fraction of sp³-hybridized carbons (Fsp3) is 0.400. The number of hydrogen-bond acceptors (Lipinski definition) is 5. The molecule has 2 aromatic carbocycles. The van der Waals surface area contributed by atoms with Gasteiger partial charge in [0.05, 0.1) is 19.8 Å². The lowest BCUT2D eigenvalue weighted by molar-refractivity contribution is -0.185. The quantitative estimate of drug-likeness (QED) is 0.807. The zero-order valence-corrected chi connectivity index (χ0v) is 14.2. The van der Waals surface area contributed by atoms with Crippen LogP contribution in [-0.2, 0) is 30.3 Å². The summed E-state index contributed by atoms with van der Waals surface area (Å²) >= 11 is 0. The van der Waals surface area contributed by atoms with Crippen molar-refractivity contribution in [3.63, 3.8) is 0 Å². The maximum absolute atomic E-state index is 6.28. The smallest absolute Gasteiger partial charge is 0.186 e. The molecule has 2 aromatic rings. The summed E-state index contributed by atoms with van der Waals surface area (Å²) in [5, 5.41) is 0. The number of benzene rings is 2. The summed E-state index contributed by atoms with van der Waals surface area (Å²) in [6.07, 6.45) is -1.21. The van der Waals surface area contributed by atoms with E-state index in [1.807, 2.05) is 60.7 Å². The molecule has 2 aliphatic rings. The van der Waals surface area contributed by atoms with Crippen LogP contribution in [0, 0.1) is 0 Å². The lowest BCUT2D eigenvalue weighted by atomic mass is 10.0. The Morgan fingerprint density at radius 1 is 1.04 bits per heavy atom. The Morgan fingerprint density at radius 2 is 1.76 bits per heavy atom. The van der Waals surface area contributed by atoms with E-state index in [4.69, 9.17) is 23.7 Å². The second-order valence-electron chi connectivity index (χ2n) is 6.38. The molecule has 0 bridgehead atoms. The van der Waals surface area contributed by atoms with Crippen LogP contribution in [0.1, 0.15) is 17.4 Å². The minimum absolute atomic E-state index is 0.321. The fourth-order valence-electron chi connectivity index (χ4n) is 3.33. The number of fused-ring (bicyclic) bond motifs is 1. The van der Waals surface area contributed by atoms with Gasteiger partial charge in [-0.25, -0.2) is 0 Å². The zero-order chi connectivity index (χ0) is 17.1. The van der Waals surface area contributed by atoms with E-state index in [1.165, 1.54) is 0 Å². The van der Waals surface area contributed by atoms with Gasteiger partial charge in [-0.15, -0.1) is 0 Å². The van der Waals surface area contributed by atoms with E-state index < -0.39 is 18.2 Å². The average molecular weight is 342 g/mol. The lowest BCUT2D eigenvalue weighted by Crippen LogP contribution is -2.45. The molecule has 25 heavy (non-hydrogen) atoms. The summed E-state index contributed by atoms with van der Waals surface area (Å²) in [4.78, 5) is 0. The summed E-state index contributed by atoms with van der Waals surface area (Å²) in [5.74, 6) is 0. The molecule has 0 aromatic heterocycles. The molecule has 132 valence electrons. The lowest BCUT2D eigenvalue weighted by Gasteiger charge is -2.25. The molecule has 0 radical (unpaired) electrons. The van der Waals surface area contributed by atoms with Crippen molar-refractivity contribution in [1.82, 2.24) is 0 Å². The van der Waals surface area contributed by atoms with Gasteiger partial charge in [0.15, 0.2) is 12.6 Å². The van der Waals surface area contributed by atoms with Gasteiger partial charge >= 0.3 is 0 Å². The molecule has 2 fully saturated rings. The van der Waals surface area contributed by atoms with Crippen molar-refractivity contribution in [2.45, 2.75) is 30.9 Å². The van der Waals surface area contributed by atoms with Crippen molar-refractivity contribution in [3.8, 4) is 0 Å². The van der Waals surface area contributed by atoms with Crippen LogP contribution in [0.4, 0.5) is 0 Å². The van der Waals surface area contributed by atoms with Crippen LogP contribution in [0.5, 0.6) is 0 Å². The van der Waals surface area contributed by atoms with Crippen LogP contribution in [0.15, 0.2) is 60.7 Å². The first-order chi connectivity index (χ1) is 12.3. The minimum Gasteiger partial charge on any atom is -0.374 e. The van der Waals surface area contributed by atoms with Gasteiger partial charge in [0.2, 0.25) is 0 Å². The average Bonchev–Trinajstić information content (AvgIpc) is 3.19. The normalized spacial score (nSPS) is 31.2. The molecule has 4 rings (SSSR count). The number of methoxy groups -OCH3 is 1. The summed E-state index contributed by atoms with van der Waals surface area (Å²) in [6.45, 7) is 1.29. The van der Waals surface area contributed by atoms with Crippen LogP contribution in [0.2, 0.25) is 0 Å². The Labute approximate surface area is 147 Å². The Morgan fingerprint density at radius 3 is 2.48 bits per heavy atom. The highest BCUT2D eigenvalue weighted by atomic mass is 16.8. The van der Waals surface area contributed by atoms with Crippen molar-refractivity contribution in [2.24, 2.45) is 0 Å². The van der Waals surface area contributed by atoms with Gasteiger partial charge in [0.25, 0.3) is 0 Å². The van der Waals surface area contributed by atoms with E-state index in [2.05, 4.69) is 0 Å². The first kappa shape index (κ1) is 16.7. The molecule has 5 nitrogen and oxygen atoms in total. The summed E-state index contributed by atoms with van der Waals surface area (Å²) in [6, 6.07) is 20.0. The summed E-state index contributed by atoms with van der Waals surface area (Å²) in [5.41, 5.74) is 1.45. The standard InChI is InChI=1S/C20H22O5/c1-21-19-17-20(14-23-19,13-22-12-15-8-4-2-5-9-15)25-18(24-17)16-10-6-3-7-11-16/h2-11,17-19H,12-14H2,1H3/t17?,18-,19+,20?/m0/s1. The molecule has 2 unspecified atom stereocenters. The minimum atomic E-state index is -0.657. The van der Waals surface area contributed by atoms with Crippen molar-refractivity contribution in [2.75, 3.05) is 20.3 Å². The second kappa shape index (κ2) is 7.23. The van der Waals surface area contributed by atoms with E-state index in [0.29, 0.717) is 19.8 Å². The van der Waals surface area contributed by atoms with E-state index in [-0.39, 0.29) is 6.10 Å². The molecule has 2 aliphatic heterocycles. The predicted molar refractivity (Wildman–Crippen MR) is 90.7 cm³/mol. The Kier molecular flexibility index (Phi) is 4.83. The van der Waals surface area contributed by atoms with Gasteiger partial charge in [-0.05, 0) is 5.56 Å². The third-order valence-electron chi connectivity index (χ3n) is 4.63. The van der Waals surface area contributed by atoms with Gasteiger partial charge < -0.3 is 23.7 Å². The largest absolute Gasteiger partial charge is 0.374 e. The monoisotopic (exact) mass is 342 g/mol. The summed E-state index contributed by atoms with van der Waals surface area (Å²) in [7, 11) is 1.62. The van der Waals surface area contributed by atoms with E-state index in [1.54, 1.807) is 7.11 Å². The van der Waals surface area contributed by atoms with Gasteiger partial charge in [-0.1, -0.05) is 60.7 Å². The van der Waals surface area contributed by atoms with E-state index in [0.717, 1.165) is 11.1 Å². The molecule has 0 amide bonds. The second-order valence-corrected chi connectivity index (χ2v) is 6.38. The molecular formula is C20H22O5. The third kappa shape index (κ3) is 3.34. The van der Waals surface area contributed by atoms with Gasteiger partial charge in [-0.2, -0.15) is 0 Å². The molecule has 0 spiro atoms. The SMILES string of the molecule is CO[C@@H]1OCC2(COCc3ccccc3)O[C@@H](c3ccccc3)OC12. The van der Waals surface area contributed by atoms with Crippen molar-refractivity contribution in [3.05, 3.63) is 71.8 Å². The number of hydrogen-bond donors (Lipinski definition) is 0. The van der Waals surface area contributed by atoms with E-state index >= 15 is 0 Å². The van der Waals surface area contributed by atoms with E-state index in [9.17, 15) is 0 Å². The van der Waals surface area contributed by atoms with Gasteiger partial charge in [0, 0.05) is 12.7 Å². The molecule has 4 atom stereocenters. The van der Waals surface area contributed by atoms with Crippen molar-refractivity contribution in [1.29, 1.82) is 0 Å². The Bertz CT molecular complexity index is 677. The third-order valence-corrected chi connectivity index (χ3v) is 4.63. The van der Waals surface area contributed by atoms with Crippen LogP contribution < -0.4 is 0 Å². The first-order valence-electron chi connectivity index (χ1n) is 8.45. The zero-order valence-electron chi connectivity index (χ0n) is 14.2. The topological polar surface area (TPSA) is 46.2 Å². The predicted octanol–water partition coefficient (Wildman–Crippen LogP) is 3.06. The molecule has 0 saturated carbocycles. The van der Waals surface area contributed by atoms with Crippen molar-refractivity contribution < 1.29 is 23.7 Å². The maximum atomic E-state index is 6.28. The molecular weight excluding hydrogens is 320 g/mol. The highest BCUT2D eigenvalue weighted by Crippen LogP contribution is 2.44. The number of rotatable bonds is 6. The maximum Gasteiger partial charge on any atom is 0.186 e. The fourth-order valence-corrected chi connectivity index (χ4v) is 3.33. The van der Waals surface area contributed by atoms with Crippen LogP contribution in [0.25, 0.3) is 0 Å². The number of ether oxygens (including phenoxy) is 5. The van der Waals surface area contributed by atoms with Crippen LogP contribution in [0.3, 0.4) is 0 Å². The molecule has 2 heterocycles. The van der Waals surface area contributed by atoms with Gasteiger partial charge in [0.1, 0.15) is 11.7 Å². The molecule has 0 N–H and O–H groups in total. The molecule has 0 aliphatic carbocycles.